The predicted molar refractivity (Wildman–Crippen MR) is 77.3 cm³/mol. The van der Waals surface area contributed by atoms with E-state index in [2.05, 4.69) is 0 Å². The Kier molecular flexibility index (Phi) is 2.94. The summed E-state index contributed by atoms with van der Waals surface area (Å²) in [7, 11) is 0. The van der Waals surface area contributed by atoms with Gasteiger partial charge in [-0.15, -0.1) is 0 Å². The van der Waals surface area contributed by atoms with E-state index in [1.54, 1.807) is 12.1 Å². The topological polar surface area (TPSA) is 47.9 Å². The lowest BCUT2D eigenvalue weighted by Crippen LogP contribution is -2.00. The van der Waals surface area contributed by atoms with Gasteiger partial charge in [-0.2, -0.15) is 0 Å². The molecule has 0 aromatic heterocycles. The molecule has 1 atom stereocenters. The number of hydrogen-bond donors (Lipinski definition) is 1. The molecule has 2 aliphatic rings. The summed E-state index contributed by atoms with van der Waals surface area (Å²) in [5.74, 6) is 2.01. The summed E-state index contributed by atoms with van der Waals surface area (Å²) in [5, 5.41) is 11.0. The molecule has 0 radical (unpaired) electrons. The zero-order valence-electron chi connectivity index (χ0n) is 11.1. The van der Waals surface area contributed by atoms with Gasteiger partial charge < -0.3 is 19.3 Å². The van der Waals surface area contributed by atoms with E-state index in [0.29, 0.717) is 28.7 Å². The van der Waals surface area contributed by atoms with Gasteiger partial charge in [0.05, 0.1) is 11.6 Å². The quantitative estimate of drug-likeness (QED) is 0.926. The van der Waals surface area contributed by atoms with E-state index >= 15 is 0 Å². The lowest BCUT2D eigenvalue weighted by atomic mass is 9.98. The first kappa shape index (κ1) is 12.8. The molecule has 1 unspecified atom stereocenters. The van der Waals surface area contributed by atoms with Crippen molar-refractivity contribution in [1.82, 2.24) is 0 Å². The number of halogens is 1. The van der Waals surface area contributed by atoms with Crippen LogP contribution >= 0.6 is 11.6 Å². The fourth-order valence-corrected chi connectivity index (χ4v) is 2.99. The molecular formula is C16H13ClO4. The number of fused-ring (bicyclic) bond motifs is 2. The zero-order chi connectivity index (χ0) is 14.4. The average Bonchev–Trinajstić information content (AvgIpc) is 3.14. The monoisotopic (exact) mass is 304 g/mol. The van der Waals surface area contributed by atoms with Gasteiger partial charge in [0.2, 0.25) is 6.79 Å². The van der Waals surface area contributed by atoms with Crippen LogP contribution in [0.1, 0.15) is 22.8 Å². The molecule has 0 fully saturated rings. The lowest BCUT2D eigenvalue weighted by Gasteiger charge is -2.14. The SMILES string of the molecule is OC(c1ccc2c(c1)CCO2)c1cc(Cl)c2c(c1)OCO2. The minimum absolute atomic E-state index is 0.158. The molecule has 2 aromatic carbocycles. The molecule has 0 spiro atoms. The molecule has 2 aromatic rings. The van der Waals surface area contributed by atoms with Gasteiger partial charge in [-0.05, 0) is 41.0 Å². The maximum absolute atomic E-state index is 10.6. The van der Waals surface area contributed by atoms with Gasteiger partial charge in [0.15, 0.2) is 11.5 Å². The molecular weight excluding hydrogens is 292 g/mol. The van der Waals surface area contributed by atoms with Gasteiger partial charge in [0.25, 0.3) is 0 Å². The molecule has 0 bridgehead atoms. The average molecular weight is 305 g/mol. The highest BCUT2D eigenvalue weighted by Crippen LogP contribution is 2.42. The predicted octanol–water partition coefficient (Wildman–Crippen LogP) is 3.09. The minimum atomic E-state index is -0.761. The van der Waals surface area contributed by atoms with Gasteiger partial charge in [-0.1, -0.05) is 17.7 Å². The first-order chi connectivity index (χ1) is 10.2. The summed E-state index contributed by atoms with van der Waals surface area (Å²) in [6.07, 6.45) is 0.112. The smallest absolute Gasteiger partial charge is 0.231 e. The summed E-state index contributed by atoms with van der Waals surface area (Å²) >= 11 is 6.16. The van der Waals surface area contributed by atoms with Crippen molar-refractivity contribution in [3.05, 3.63) is 52.0 Å². The Labute approximate surface area is 126 Å². The summed E-state index contributed by atoms with van der Waals surface area (Å²) < 4.78 is 16.1. The van der Waals surface area contributed by atoms with Crippen molar-refractivity contribution in [2.45, 2.75) is 12.5 Å². The third-order valence-corrected chi connectivity index (χ3v) is 4.08. The molecule has 0 amide bonds. The van der Waals surface area contributed by atoms with Crippen LogP contribution in [0.3, 0.4) is 0 Å². The van der Waals surface area contributed by atoms with Crippen molar-refractivity contribution in [1.29, 1.82) is 0 Å². The van der Waals surface area contributed by atoms with E-state index in [1.165, 1.54) is 0 Å². The second-order valence-electron chi connectivity index (χ2n) is 5.10. The van der Waals surface area contributed by atoms with Crippen molar-refractivity contribution in [3.8, 4) is 17.2 Å². The third kappa shape index (κ3) is 2.11. The molecule has 0 saturated heterocycles. The van der Waals surface area contributed by atoms with Crippen LogP contribution in [-0.4, -0.2) is 18.5 Å². The molecule has 21 heavy (non-hydrogen) atoms. The molecule has 2 heterocycles. The van der Waals surface area contributed by atoms with Crippen LogP contribution in [0.2, 0.25) is 5.02 Å². The molecule has 0 aliphatic carbocycles. The van der Waals surface area contributed by atoms with Crippen LogP contribution in [0.25, 0.3) is 0 Å². The van der Waals surface area contributed by atoms with Gasteiger partial charge >= 0.3 is 0 Å². The Balaban J connectivity index is 1.71. The van der Waals surface area contributed by atoms with Crippen LogP contribution in [0.4, 0.5) is 0 Å². The number of benzene rings is 2. The minimum Gasteiger partial charge on any atom is -0.493 e. The summed E-state index contributed by atoms with van der Waals surface area (Å²) in [4.78, 5) is 0. The molecule has 0 saturated carbocycles. The van der Waals surface area contributed by atoms with Gasteiger partial charge in [0.1, 0.15) is 11.9 Å². The van der Waals surface area contributed by atoms with Gasteiger partial charge in [0, 0.05) is 6.42 Å². The lowest BCUT2D eigenvalue weighted by molar-refractivity contribution is 0.173. The maximum Gasteiger partial charge on any atom is 0.231 e. The van der Waals surface area contributed by atoms with Crippen LogP contribution < -0.4 is 14.2 Å². The second-order valence-corrected chi connectivity index (χ2v) is 5.51. The fourth-order valence-electron chi connectivity index (χ4n) is 2.71. The summed E-state index contributed by atoms with van der Waals surface area (Å²) in [6, 6.07) is 9.22. The van der Waals surface area contributed by atoms with Crippen LogP contribution in [0.15, 0.2) is 30.3 Å². The van der Waals surface area contributed by atoms with Crippen molar-refractivity contribution in [2.75, 3.05) is 13.4 Å². The van der Waals surface area contributed by atoms with E-state index < -0.39 is 6.10 Å². The number of rotatable bonds is 2. The van der Waals surface area contributed by atoms with Crippen LogP contribution in [0.5, 0.6) is 17.2 Å². The fraction of sp³-hybridized carbons (Fsp3) is 0.250. The largest absolute Gasteiger partial charge is 0.493 e. The molecule has 2 aliphatic heterocycles. The molecule has 4 nitrogen and oxygen atoms in total. The zero-order valence-corrected chi connectivity index (χ0v) is 11.9. The highest BCUT2D eigenvalue weighted by atomic mass is 35.5. The second kappa shape index (κ2) is 4.83. The van der Waals surface area contributed by atoms with Gasteiger partial charge in [-0.3, -0.25) is 0 Å². The van der Waals surface area contributed by atoms with E-state index in [-0.39, 0.29) is 6.79 Å². The highest BCUT2D eigenvalue weighted by molar-refractivity contribution is 6.32. The molecule has 4 rings (SSSR count). The summed E-state index contributed by atoms with van der Waals surface area (Å²) in [6.45, 7) is 0.857. The highest BCUT2D eigenvalue weighted by Gasteiger charge is 2.22. The van der Waals surface area contributed by atoms with Crippen LogP contribution in [-0.2, 0) is 6.42 Å². The van der Waals surface area contributed by atoms with Crippen molar-refractivity contribution >= 4 is 11.6 Å². The van der Waals surface area contributed by atoms with Crippen molar-refractivity contribution < 1.29 is 19.3 Å². The van der Waals surface area contributed by atoms with Gasteiger partial charge in [-0.25, -0.2) is 0 Å². The molecule has 1 N–H and O–H groups in total. The normalized spacial score (nSPS) is 16.5. The van der Waals surface area contributed by atoms with E-state index in [1.807, 2.05) is 18.2 Å². The Bertz CT molecular complexity index is 714. The number of aliphatic hydroxyl groups excluding tert-OH is 1. The van der Waals surface area contributed by atoms with E-state index in [4.69, 9.17) is 25.8 Å². The summed E-state index contributed by atoms with van der Waals surface area (Å²) in [5.41, 5.74) is 2.62. The third-order valence-electron chi connectivity index (χ3n) is 3.79. The van der Waals surface area contributed by atoms with E-state index in [9.17, 15) is 5.11 Å². The van der Waals surface area contributed by atoms with Crippen molar-refractivity contribution in [3.63, 3.8) is 0 Å². The first-order valence-corrected chi connectivity index (χ1v) is 7.13. The molecule has 5 heteroatoms. The number of aliphatic hydroxyl groups is 1. The van der Waals surface area contributed by atoms with Crippen molar-refractivity contribution in [2.24, 2.45) is 0 Å². The van der Waals surface area contributed by atoms with E-state index in [0.717, 1.165) is 23.3 Å². The number of ether oxygens (including phenoxy) is 3. The molecule has 108 valence electrons. The Morgan fingerprint density at radius 2 is 1.90 bits per heavy atom. The standard InChI is InChI=1S/C16H13ClO4/c17-12-6-11(7-14-16(12)21-8-20-14)15(18)10-1-2-13-9(5-10)3-4-19-13/h1-2,5-7,15,18H,3-4,8H2. The Hall–Kier alpha value is -1.91. The first-order valence-electron chi connectivity index (χ1n) is 6.75. The number of hydrogen-bond acceptors (Lipinski definition) is 4. The Morgan fingerprint density at radius 1 is 1.00 bits per heavy atom. The van der Waals surface area contributed by atoms with Crippen LogP contribution in [0, 0.1) is 0 Å². The maximum atomic E-state index is 10.6. The Morgan fingerprint density at radius 3 is 2.81 bits per heavy atom.